The Balaban J connectivity index is 1.80. The maximum absolute atomic E-state index is 10.2. The number of aromatic hydroxyl groups is 1. The Kier molecular flexibility index (Phi) is 4.24. The lowest BCUT2D eigenvalue weighted by molar-refractivity contribution is 0.403. The lowest BCUT2D eigenvalue weighted by atomic mass is 9.91. The van der Waals surface area contributed by atoms with Crippen LogP contribution in [0.5, 0.6) is 5.75 Å². The molecule has 1 heterocycles. The van der Waals surface area contributed by atoms with Crippen molar-refractivity contribution in [3.8, 4) is 17.1 Å². The van der Waals surface area contributed by atoms with Crippen molar-refractivity contribution in [1.29, 1.82) is 0 Å². The van der Waals surface area contributed by atoms with Gasteiger partial charge in [-0.1, -0.05) is 37.1 Å². The van der Waals surface area contributed by atoms with Gasteiger partial charge >= 0.3 is 0 Å². The number of aromatic nitrogens is 2. The average molecular weight is 334 g/mol. The fourth-order valence-corrected chi connectivity index (χ4v) is 3.48. The van der Waals surface area contributed by atoms with Crippen LogP contribution in [0.4, 0.5) is 5.82 Å². The Labute approximate surface area is 146 Å². The number of nitrogens with two attached hydrogens (primary N) is 1. The zero-order valence-corrected chi connectivity index (χ0v) is 14.0. The maximum Gasteiger partial charge on any atom is 0.165 e. The van der Waals surface area contributed by atoms with Crippen molar-refractivity contribution in [3.63, 3.8) is 0 Å². The van der Waals surface area contributed by atoms with Crippen molar-refractivity contribution < 1.29 is 5.11 Å². The van der Waals surface area contributed by atoms with Gasteiger partial charge in [-0.2, -0.15) is 0 Å². The summed E-state index contributed by atoms with van der Waals surface area (Å²) in [5, 5.41) is 14.7. The van der Waals surface area contributed by atoms with Crippen molar-refractivity contribution in [2.75, 3.05) is 5.32 Å². The van der Waals surface area contributed by atoms with Crippen LogP contribution in [-0.2, 0) is 0 Å². The summed E-state index contributed by atoms with van der Waals surface area (Å²) < 4.78 is 0. The number of hydrogen-bond acceptors (Lipinski definition) is 5. The topological polar surface area (TPSA) is 84.1 Å². The molecule has 5 nitrogen and oxygen atoms in total. The van der Waals surface area contributed by atoms with E-state index in [1.54, 1.807) is 12.1 Å². The molecule has 1 aliphatic carbocycles. The summed E-state index contributed by atoms with van der Waals surface area (Å²) in [5.41, 5.74) is 7.78. The van der Waals surface area contributed by atoms with Gasteiger partial charge in [0.2, 0.25) is 0 Å². The van der Waals surface area contributed by atoms with Crippen LogP contribution >= 0.6 is 0 Å². The van der Waals surface area contributed by atoms with E-state index < -0.39 is 0 Å². The smallest absolute Gasteiger partial charge is 0.165 e. The number of phenolic OH excluding ortho intramolecular Hbond substituents is 1. The van der Waals surface area contributed by atoms with Gasteiger partial charge in [-0.15, -0.1) is 0 Å². The minimum absolute atomic E-state index is 0.135. The predicted octanol–water partition coefficient (Wildman–Crippen LogP) is 3.68. The second-order valence-electron chi connectivity index (χ2n) is 6.63. The largest absolute Gasteiger partial charge is 0.507 e. The summed E-state index contributed by atoms with van der Waals surface area (Å²) in [5.74, 6) is 1.48. The molecule has 1 aromatic heterocycles. The first kappa shape index (κ1) is 15.8. The summed E-state index contributed by atoms with van der Waals surface area (Å²) in [6.45, 7) is 0. The molecule has 0 radical (unpaired) electrons. The van der Waals surface area contributed by atoms with Crippen LogP contribution in [0.25, 0.3) is 22.3 Å². The molecule has 0 amide bonds. The summed E-state index contributed by atoms with van der Waals surface area (Å²) in [6, 6.07) is 15.4. The lowest BCUT2D eigenvalue weighted by Crippen LogP contribution is -2.42. The molecule has 0 spiro atoms. The van der Waals surface area contributed by atoms with Crippen molar-refractivity contribution in [3.05, 3.63) is 48.5 Å². The van der Waals surface area contributed by atoms with Gasteiger partial charge in [-0.25, -0.2) is 9.97 Å². The molecule has 1 aliphatic rings. The Hall–Kier alpha value is -2.66. The van der Waals surface area contributed by atoms with Gasteiger partial charge in [0.25, 0.3) is 0 Å². The molecule has 4 rings (SSSR count). The normalized spacial score (nSPS) is 20.5. The van der Waals surface area contributed by atoms with E-state index in [1.165, 1.54) is 12.8 Å². The quantitative estimate of drug-likeness (QED) is 0.680. The molecule has 1 fully saturated rings. The molecule has 5 heteroatoms. The zero-order valence-electron chi connectivity index (χ0n) is 14.0. The van der Waals surface area contributed by atoms with Crippen LogP contribution < -0.4 is 11.1 Å². The number of benzene rings is 2. The van der Waals surface area contributed by atoms with E-state index in [2.05, 4.69) is 10.3 Å². The zero-order chi connectivity index (χ0) is 17.2. The van der Waals surface area contributed by atoms with Gasteiger partial charge in [0.05, 0.1) is 11.1 Å². The standard InChI is InChI=1S/C20H22N4O/c21-15-9-3-5-11-17(15)23-19-13-7-1-4-10-16(13)22-20(24-19)14-8-2-6-12-18(14)25/h1-2,4,6-8,10,12,15,17,25H,3,5,9,11,21H2,(H,22,23,24)/t15-,17+/m1/s1. The summed E-state index contributed by atoms with van der Waals surface area (Å²) in [4.78, 5) is 9.36. The van der Waals surface area contributed by atoms with Crippen LogP contribution in [0, 0.1) is 0 Å². The number of nitrogens with zero attached hydrogens (tertiary/aromatic N) is 2. The van der Waals surface area contributed by atoms with Crippen LogP contribution in [0.3, 0.4) is 0 Å². The molecule has 0 aliphatic heterocycles. The fraction of sp³-hybridized carbons (Fsp3) is 0.300. The van der Waals surface area contributed by atoms with E-state index in [1.807, 2.05) is 36.4 Å². The third kappa shape index (κ3) is 3.15. The maximum atomic E-state index is 10.2. The highest BCUT2D eigenvalue weighted by Crippen LogP contribution is 2.31. The first-order valence-corrected chi connectivity index (χ1v) is 8.79. The predicted molar refractivity (Wildman–Crippen MR) is 100 cm³/mol. The molecule has 0 saturated heterocycles. The van der Waals surface area contributed by atoms with E-state index in [9.17, 15) is 5.11 Å². The highest BCUT2D eigenvalue weighted by molar-refractivity contribution is 5.91. The highest BCUT2D eigenvalue weighted by Gasteiger charge is 2.23. The van der Waals surface area contributed by atoms with Gasteiger partial charge in [-0.3, -0.25) is 0 Å². The third-order valence-corrected chi connectivity index (χ3v) is 4.89. The Morgan fingerprint density at radius 2 is 1.72 bits per heavy atom. The molecule has 128 valence electrons. The van der Waals surface area contributed by atoms with Gasteiger partial charge in [-0.05, 0) is 37.1 Å². The molecular weight excluding hydrogens is 312 g/mol. The molecular formula is C20H22N4O. The van der Waals surface area contributed by atoms with Gasteiger partial charge < -0.3 is 16.2 Å². The number of para-hydroxylation sites is 2. The Bertz CT molecular complexity index is 896. The molecule has 0 bridgehead atoms. The number of hydrogen-bond donors (Lipinski definition) is 3. The number of fused-ring (bicyclic) bond motifs is 1. The van der Waals surface area contributed by atoms with Gasteiger partial charge in [0.15, 0.2) is 5.82 Å². The lowest BCUT2D eigenvalue weighted by Gasteiger charge is -2.30. The monoisotopic (exact) mass is 334 g/mol. The van der Waals surface area contributed by atoms with Crippen molar-refractivity contribution in [2.45, 2.75) is 37.8 Å². The summed E-state index contributed by atoms with van der Waals surface area (Å²) in [6.07, 6.45) is 4.45. The van der Waals surface area contributed by atoms with Crippen molar-refractivity contribution in [2.24, 2.45) is 5.73 Å². The third-order valence-electron chi connectivity index (χ3n) is 4.89. The minimum Gasteiger partial charge on any atom is -0.507 e. The van der Waals surface area contributed by atoms with E-state index >= 15 is 0 Å². The van der Waals surface area contributed by atoms with Crippen LogP contribution in [0.15, 0.2) is 48.5 Å². The summed E-state index contributed by atoms with van der Waals surface area (Å²) in [7, 11) is 0. The second-order valence-corrected chi connectivity index (χ2v) is 6.63. The van der Waals surface area contributed by atoms with Gasteiger partial charge in [0.1, 0.15) is 11.6 Å². The summed E-state index contributed by atoms with van der Waals surface area (Å²) >= 11 is 0. The molecule has 0 unspecified atom stereocenters. The van der Waals surface area contributed by atoms with Crippen LogP contribution in [-0.4, -0.2) is 27.2 Å². The van der Waals surface area contributed by atoms with Crippen molar-refractivity contribution in [1.82, 2.24) is 9.97 Å². The number of rotatable bonds is 3. The van der Waals surface area contributed by atoms with Crippen LogP contribution in [0.2, 0.25) is 0 Å². The van der Waals surface area contributed by atoms with E-state index in [-0.39, 0.29) is 17.8 Å². The first-order valence-electron chi connectivity index (χ1n) is 8.79. The SMILES string of the molecule is N[C@@H]1CCCC[C@@H]1Nc1nc(-c2ccccc2O)nc2ccccc12. The molecule has 3 aromatic rings. The van der Waals surface area contributed by atoms with Gasteiger partial charge in [0, 0.05) is 17.5 Å². The second kappa shape index (κ2) is 6.69. The fourth-order valence-electron chi connectivity index (χ4n) is 3.48. The highest BCUT2D eigenvalue weighted by atomic mass is 16.3. The van der Waals surface area contributed by atoms with Crippen LogP contribution in [0.1, 0.15) is 25.7 Å². The average Bonchev–Trinajstić information content (AvgIpc) is 2.64. The number of anilines is 1. The Morgan fingerprint density at radius 1 is 0.960 bits per heavy atom. The molecule has 1 saturated carbocycles. The van der Waals surface area contributed by atoms with E-state index in [4.69, 9.17) is 10.7 Å². The molecule has 2 atom stereocenters. The number of phenols is 1. The van der Waals surface area contributed by atoms with E-state index in [0.717, 1.165) is 29.6 Å². The molecule has 25 heavy (non-hydrogen) atoms. The first-order chi connectivity index (χ1) is 12.2. The molecule has 2 aromatic carbocycles. The molecule has 4 N–H and O–H groups in total. The number of nitrogens with one attached hydrogen (secondary N) is 1. The van der Waals surface area contributed by atoms with Crippen molar-refractivity contribution >= 4 is 16.7 Å². The Morgan fingerprint density at radius 3 is 2.56 bits per heavy atom. The minimum atomic E-state index is 0.135. The van der Waals surface area contributed by atoms with E-state index in [0.29, 0.717) is 11.4 Å².